The molecule has 134 valence electrons. The number of rotatable bonds is 2. The van der Waals surface area contributed by atoms with Crippen molar-refractivity contribution in [2.75, 3.05) is 14.1 Å². The lowest BCUT2D eigenvalue weighted by atomic mass is 10.1. The van der Waals surface area contributed by atoms with E-state index in [2.05, 4.69) is 9.97 Å². The fraction of sp³-hybridized carbons (Fsp3) is 0.143. The minimum atomic E-state index is -0.148. The highest BCUT2D eigenvalue weighted by Gasteiger charge is 2.12. The summed E-state index contributed by atoms with van der Waals surface area (Å²) in [6, 6.07) is 14.1. The number of nitrogens with zero attached hydrogens (tertiary/aromatic N) is 3. The van der Waals surface area contributed by atoms with Crippen molar-refractivity contribution in [3.05, 3.63) is 70.0 Å². The maximum absolute atomic E-state index is 12.6. The summed E-state index contributed by atoms with van der Waals surface area (Å²) < 4.78 is 5.78. The van der Waals surface area contributed by atoms with Crippen molar-refractivity contribution in [2.24, 2.45) is 0 Å². The molecule has 1 aromatic carbocycles. The van der Waals surface area contributed by atoms with Gasteiger partial charge in [0.1, 0.15) is 0 Å². The molecule has 0 N–H and O–H groups in total. The van der Waals surface area contributed by atoms with Gasteiger partial charge in [-0.15, -0.1) is 0 Å². The Balaban J connectivity index is 1.82. The lowest BCUT2D eigenvalue weighted by Crippen LogP contribution is -2.21. The van der Waals surface area contributed by atoms with E-state index < -0.39 is 0 Å². The number of fused-ring (bicyclic) bond motifs is 2. The molecule has 4 aromatic rings. The monoisotopic (exact) mass is 359 g/mol. The molecule has 0 aliphatic carbocycles. The Morgan fingerprint density at radius 1 is 0.889 bits per heavy atom. The van der Waals surface area contributed by atoms with Gasteiger partial charge >= 0.3 is 0 Å². The number of amides is 1. The number of benzene rings is 1. The maximum Gasteiger partial charge on any atom is 0.253 e. The third kappa shape index (κ3) is 2.95. The van der Waals surface area contributed by atoms with Crippen molar-refractivity contribution in [3.63, 3.8) is 0 Å². The van der Waals surface area contributed by atoms with Gasteiger partial charge in [0.2, 0.25) is 16.9 Å². The standard InChI is InChI=1S/C21H17N3O3/c1-12-4-9-15-18(25)16-10-11-17(23-20(16)27-19(15)22-12)13-5-7-14(8-6-13)21(26)24(2)3/h4-11H,1-3H3. The first-order valence-electron chi connectivity index (χ1n) is 8.47. The van der Waals surface area contributed by atoms with E-state index in [1.54, 1.807) is 50.5 Å². The Kier molecular flexibility index (Phi) is 3.96. The summed E-state index contributed by atoms with van der Waals surface area (Å²) in [5.41, 5.74) is 3.23. The van der Waals surface area contributed by atoms with Crippen molar-refractivity contribution in [1.82, 2.24) is 14.9 Å². The second-order valence-corrected chi connectivity index (χ2v) is 6.56. The predicted octanol–water partition coefficient (Wildman–Crippen LogP) is 3.41. The molecule has 6 heteroatoms. The number of hydrogen-bond donors (Lipinski definition) is 0. The Morgan fingerprint density at radius 3 is 2.19 bits per heavy atom. The molecule has 0 unspecified atom stereocenters. The molecule has 3 heterocycles. The summed E-state index contributed by atoms with van der Waals surface area (Å²) in [4.78, 5) is 35.0. The van der Waals surface area contributed by atoms with Crippen molar-refractivity contribution in [1.29, 1.82) is 0 Å². The Morgan fingerprint density at radius 2 is 1.52 bits per heavy atom. The highest BCUT2D eigenvalue weighted by molar-refractivity contribution is 5.94. The molecule has 0 aliphatic heterocycles. The molecule has 0 saturated heterocycles. The second-order valence-electron chi connectivity index (χ2n) is 6.56. The van der Waals surface area contributed by atoms with Crippen LogP contribution in [0.5, 0.6) is 0 Å². The van der Waals surface area contributed by atoms with Gasteiger partial charge in [-0.2, -0.15) is 0 Å². The molecule has 0 aliphatic rings. The molecule has 0 radical (unpaired) electrons. The van der Waals surface area contributed by atoms with Crippen molar-refractivity contribution < 1.29 is 9.21 Å². The average molecular weight is 359 g/mol. The molecule has 0 bridgehead atoms. The van der Waals surface area contributed by atoms with Crippen molar-refractivity contribution in [3.8, 4) is 11.3 Å². The smallest absolute Gasteiger partial charge is 0.253 e. The van der Waals surface area contributed by atoms with Crippen LogP contribution in [-0.2, 0) is 0 Å². The zero-order chi connectivity index (χ0) is 19.1. The second kappa shape index (κ2) is 6.32. The Bertz CT molecular complexity index is 1240. The van der Waals surface area contributed by atoms with Crippen LogP contribution in [0.15, 0.2) is 57.7 Å². The van der Waals surface area contributed by atoms with Crippen LogP contribution in [-0.4, -0.2) is 34.9 Å². The van der Waals surface area contributed by atoms with Gasteiger partial charge in [0.25, 0.3) is 5.91 Å². The summed E-state index contributed by atoms with van der Waals surface area (Å²) in [7, 11) is 3.42. The molecule has 0 saturated carbocycles. The maximum atomic E-state index is 12.6. The molecule has 3 aromatic heterocycles. The lowest BCUT2D eigenvalue weighted by Gasteiger charge is -2.10. The first-order chi connectivity index (χ1) is 12.9. The SMILES string of the molecule is Cc1ccc2c(=O)c3ccc(-c4ccc(C(=O)N(C)C)cc4)nc3oc2n1. The van der Waals surface area contributed by atoms with Gasteiger partial charge in [0, 0.05) is 30.9 Å². The minimum absolute atomic E-state index is 0.0630. The molecular formula is C21H17N3O3. The summed E-state index contributed by atoms with van der Waals surface area (Å²) in [5.74, 6) is -0.0630. The fourth-order valence-electron chi connectivity index (χ4n) is 2.91. The summed E-state index contributed by atoms with van der Waals surface area (Å²) in [6.07, 6.45) is 0. The number of aromatic nitrogens is 2. The van der Waals surface area contributed by atoms with E-state index in [1.807, 2.05) is 19.1 Å². The van der Waals surface area contributed by atoms with E-state index in [4.69, 9.17) is 4.42 Å². The third-order valence-electron chi connectivity index (χ3n) is 4.38. The average Bonchev–Trinajstić information content (AvgIpc) is 2.67. The van der Waals surface area contributed by atoms with Crippen molar-refractivity contribution >= 4 is 28.1 Å². The van der Waals surface area contributed by atoms with Crippen LogP contribution in [0.2, 0.25) is 0 Å². The van der Waals surface area contributed by atoms with Crippen LogP contribution in [0.4, 0.5) is 0 Å². The van der Waals surface area contributed by atoms with Crippen molar-refractivity contribution in [2.45, 2.75) is 6.92 Å². The largest absolute Gasteiger partial charge is 0.419 e. The highest BCUT2D eigenvalue weighted by Crippen LogP contribution is 2.22. The quantitative estimate of drug-likeness (QED) is 0.513. The molecule has 0 atom stereocenters. The molecule has 1 amide bonds. The van der Waals surface area contributed by atoms with Gasteiger partial charge in [-0.3, -0.25) is 9.59 Å². The lowest BCUT2D eigenvalue weighted by molar-refractivity contribution is 0.0827. The Labute approximate surface area is 155 Å². The summed E-state index contributed by atoms with van der Waals surface area (Å²) >= 11 is 0. The predicted molar refractivity (Wildman–Crippen MR) is 104 cm³/mol. The minimum Gasteiger partial charge on any atom is -0.419 e. The number of aryl methyl sites for hydroxylation is 1. The van der Waals surface area contributed by atoms with Crippen LogP contribution < -0.4 is 5.43 Å². The van der Waals surface area contributed by atoms with Crippen LogP contribution in [0.3, 0.4) is 0 Å². The molecule has 0 spiro atoms. The zero-order valence-electron chi connectivity index (χ0n) is 15.2. The Hall–Kier alpha value is -3.54. The molecule has 4 rings (SSSR count). The molecular weight excluding hydrogens is 342 g/mol. The zero-order valence-corrected chi connectivity index (χ0v) is 15.2. The van der Waals surface area contributed by atoms with Gasteiger partial charge in [0.05, 0.1) is 16.5 Å². The van der Waals surface area contributed by atoms with Gasteiger partial charge in [-0.05, 0) is 43.3 Å². The highest BCUT2D eigenvalue weighted by atomic mass is 16.3. The normalized spacial score (nSPS) is 11.1. The van der Waals surface area contributed by atoms with Crippen LogP contribution >= 0.6 is 0 Å². The van der Waals surface area contributed by atoms with E-state index in [9.17, 15) is 9.59 Å². The van der Waals surface area contributed by atoms with Gasteiger partial charge in [-0.25, -0.2) is 9.97 Å². The molecule has 6 nitrogen and oxygen atoms in total. The molecule has 27 heavy (non-hydrogen) atoms. The first kappa shape index (κ1) is 16.9. The van der Waals surface area contributed by atoms with E-state index in [0.29, 0.717) is 22.0 Å². The van der Waals surface area contributed by atoms with Crippen LogP contribution in [0.25, 0.3) is 33.5 Å². The van der Waals surface area contributed by atoms with E-state index in [0.717, 1.165) is 11.3 Å². The topological polar surface area (TPSA) is 76.3 Å². The third-order valence-corrected chi connectivity index (χ3v) is 4.38. The van der Waals surface area contributed by atoms with E-state index in [-0.39, 0.29) is 22.8 Å². The van der Waals surface area contributed by atoms with E-state index in [1.165, 1.54) is 4.90 Å². The van der Waals surface area contributed by atoms with Gasteiger partial charge < -0.3 is 9.32 Å². The van der Waals surface area contributed by atoms with Gasteiger partial charge in [-0.1, -0.05) is 12.1 Å². The van der Waals surface area contributed by atoms with Crippen LogP contribution in [0, 0.1) is 6.92 Å². The fourth-order valence-corrected chi connectivity index (χ4v) is 2.91. The van der Waals surface area contributed by atoms with Crippen LogP contribution in [0.1, 0.15) is 16.1 Å². The summed E-state index contributed by atoms with van der Waals surface area (Å²) in [6.45, 7) is 1.84. The van der Waals surface area contributed by atoms with E-state index >= 15 is 0 Å². The number of pyridine rings is 2. The molecule has 0 fully saturated rings. The van der Waals surface area contributed by atoms with Gasteiger partial charge in [0.15, 0.2) is 0 Å². The number of hydrogen-bond acceptors (Lipinski definition) is 5. The summed E-state index contributed by atoms with van der Waals surface area (Å²) in [5, 5.41) is 0.852. The number of carbonyl (C=O) groups is 1. The first-order valence-corrected chi connectivity index (χ1v) is 8.47. The number of carbonyl (C=O) groups excluding carboxylic acids is 1.